The molecule has 0 spiro atoms. The number of rotatable bonds is 4. The van der Waals surface area contributed by atoms with E-state index < -0.39 is 5.97 Å². The second-order valence-corrected chi connectivity index (χ2v) is 6.91. The molecule has 2 heterocycles. The van der Waals surface area contributed by atoms with Crippen molar-refractivity contribution in [3.05, 3.63) is 99.2 Å². The van der Waals surface area contributed by atoms with E-state index in [0.29, 0.717) is 24.1 Å². The van der Waals surface area contributed by atoms with E-state index in [9.17, 15) is 9.59 Å². The van der Waals surface area contributed by atoms with E-state index in [0.717, 1.165) is 11.1 Å². The summed E-state index contributed by atoms with van der Waals surface area (Å²) in [5, 5.41) is 9.01. The number of pyridine rings is 1. The number of aryl methyl sites for hydroxylation is 1. The second-order valence-electron chi connectivity index (χ2n) is 6.91. The Kier molecular flexibility index (Phi) is 5.19. The molecule has 4 aromatic rings. The number of hydrogen-bond acceptors (Lipinski definition) is 4. The fraction of sp³-hybridized carbons (Fsp3) is 0.125. The summed E-state index contributed by atoms with van der Waals surface area (Å²) in [6, 6.07) is 16.3. The molecule has 6 nitrogen and oxygen atoms in total. The summed E-state index contributed by atoms with van der Waals surface area (Å²) in [7, 11) is 1.78. The van der Waals surface area contributed by atoms with Crippen LogP contribution in [0.4, 0.5) is 0 Å². The molecule has 0 aliphatic carbocycles. The SMILES string of the molecule is Cn1cc(Cc2ccc(C(=O)O)cc2)c(=O)c2nc(C#CCc3ccccc3)oc21. The number of carboxylic acid groups (broad SMARTS) is 1. The topological polar surface area (TPSA) is 85.3 Å². The molecule has 4 rings (SSSR count). The van der Waals surface area contributed by atoms with Gasteiger partial charge in [0.1, 0.15) is 0 Å². The first-order valence-electron chi connectivity index (χ1n) is 9.35. The van der Waals surface area contributed by atoms with Gasteiger partial charge in [0.25, 0.3) is 5.89 Å². The third-order valence-corrected chi connectivity index (χ3v) is 4.71. The number of aromatic nitrogens is 2. The minimum absolute atomic E-state index is 0.205. The lowest BCUT2D eigenvalue weighted by Gasteiger charge is -2.05. The van der Waals surface area contributed by atoms with Gasteiger partial charge in [-0.1, -0.05) is 48.4 Å². The van der Waals surface area contributed by atoms with Crippen LogP contribution in [0.3, 0.4) is 0 Å². The summed E-state index contributed by atoms with van der Waals surface area (Å²) in [6.45, 7) is 0. The van der Waals surface area contributed by atoms with Gasteiger partial charge >= 0.3 is 5.97 Å². The predicted molar refractivity (Wildman–Crippen MR) is 112 cm³/mol. The maximum atomic E-state index is 12.9. The Morgan fingerprint density at radius 1 is 1.10 bits per heavy atom. The average Bonchev–Trinajstić information content (AvgIpc) is 3.18. The van der Waals surface area contributed by atoms with E-state index in [1.165, 1.54) is 12.1 Å². The van der Waals surface area contributed by atoms with Crippen molar-refractivity contribution in [3.63, 3.8) is 0 Å². The maximum absolute atomic E-state index is 12.9. The smallest absolute Gasteiger partial charge is 0.335 e. The fourth-order valence-electron chi connectivity index (χ4n) is 3.18. The van der Waals surface area contributed by atoms with Gasteiger partial charge in [0, 0.05) is 31.6 Å². The van der Waals surface area contributed by atoms with Crippen LogP contribution in [0.15, 0.2) is 70.0 Å². The summed E-state index contributed by atoms with van der Waals surface area (Å²) in [4.78, 5) is 28.2. The van der Waals surface area contributed by atoms with E-state index in [1.807, 2.05) is 30.3 Å². The van der Waals surface area contributed by atoms with Gasteiger partial charge in [-0.2, -0.15) is 4.98 Å². The molecule has 0 bridgehead atoms. The zero-order valence-electron chi connectivity index (χ0n) is 16.3. The number of hydrogen-bond donors (Lipinski definition) is 1. The number of fused-ring (bicyclic) bond motifs is 1. The highest BCUT2D eigenvalue weighted by atomic mass is 16.4. The molecule has 0 saturated heterocycles. The Hall–Kier alpha value is -4.11. The van der Waals surface area contributed by atoms with Crippen molar-refractivity contribution >= 4 is 17.2 Å². The van der Waals surface area contributed by atoms with Crippen LogP contribution in [-0.4, -0.2) is 20.6 Å². The summed E-state index contributed by atoms with van der Waals surface area (Å²) < 4.78 is 7.39. The molecule has 2 aromatic carbocycles. The predicted octanol–water partition coefficient (Wildman–Crippen LogP) is 3.41. The Morgan fingerprint density at radius 2 is 1.83 bits per heavy atom. The summed E-state index contributed by atoms with van der Waals surface area (Å²) in [5.41, 5.74) is 3.07. The Balaban J connectivity index is 1.61. The van der Waals surface area contributed by atoms with Crippen LogP contribution in [0.5, 0.6) is 0 Å². The third-order valence-electron chi connectivity index (χ3n) is 4.71. The minimum Gasteiger partial charge on any atom is -0.478 e. The lowest BCUT2D eigenvalue weighted by molar-refractivity contribution is 0.0697. The molecule has 30 heavy (non-hydrogen) atoms. The van der Waals surface area contributed by atoms with Gasteiger partial charge in [0.2, 0.25) is 11.1 Å². The van der Waals surface area contributed by atoms with Crippen molar-refractivity contribution < 1.29 is 14.3 Å². The standard InChI is InChI=1S/C24H18N2O4/c1-26-15-19(14-17-10-12-18(13-11-17)24(28)29)22(27)21-23(26)30-20(25-21)9-5-8-16-6-3-2-4-7-16/h2-4,6-7,10-13,15H,8,14H2,1H3,(H,28,29). The maximum Gasteiger partial charge on any atom is 0.335 e. The highest BCUT2D eigenvalue weighted by Crippen LogP contribution is 2.15. The molecule has 0 saturated carbocycles. The summed E-state index contributed by atoms with van der Waals surface area (Å²) in [6.07, 6.45) is 2.64. The van der Waals surface area contributed by atoms with Crippen LogP contribution in [0.1, 0.15) is 32.9 Å². The summed E-state index contributed by atoms with van der Waals surface area (Å²) >= 11 is 0. The van der Waals surface area contributed by atoms with Crippen molar-refractivity contribution in [2.75, 3.05) is 0 Å². The first-order valence-corrected chi connectivity index (χ1v) is 9.35. The number of benzene rings is 2. The van der Waals surface area contributed by atoms with Crippen LogP contribution in [0, 0.1) is 11.8 Å². The van der Waals surface area contributed by atoms with E-state index in [1.54, 1.807) is 29.9 Å². The highest BCUT2D eigenvalue weighted by molar-refractivity contribution is 5.87. The molecule has 0 radical (unpaired) electrons. The largest absolute Gasteiger partial charge is 0.478 e. The molecule has 148 valence electrons. The van der Waals surface area contributed by atoms with Crippen LogP contribution in [0.25, 0.3) is 11.2 Å². The lowest BCUT2D eigenvalue weighted by Crippen LogP contribution is -2.13. The molecule has 0 unspecified atom stereocenters. The van der Waals surface area contributed by atoms with Crippen molar-refractivity contribution in [2.24, 2.45) is 7.05 Å². The average molecular weight is 398 g/mol. The van der Waals surface area contributed by atoms with E-state index in [4.69, 9.17) is 9.52 Å². The number of nitrogens with zero attached hydrogens (tertiary/aromatic N) is 2. The fourth-order valence-corrected chi connectivity index (χ4v) is 3.18. The highest BCUT2D eigenvalue weighted by Gasteiger charge is 2.14. The van der Waals surface area contributed by atoms with Gasteiger partial charge in [-0.25, -0.2) is 4.79 Å². The van der Waals surface area contributed by atoms with Crippen LogP contribution in [0.2, 0.25) is 0 Å². The van der Waals surface area contributed by atoms with Gasteiger partial charge in [-0.15, -0.1) is 0 Å². The Morgan fingerprint density at radius 3 is 2.53 bits per heavy atom. The Labute approximate surface area is 172 Å². The molecule has 0 aliphatic heterocycles. The second kappa shape index (κ2) is 8.10. The quantitative estimate of drug-likeness (QED) is 0.533. The number of carbonyl (C=O) groups is 1. The normalized spacial score (nSPS) is 10.6. The monoisotopic (exact) mass is 398 g/mol. The zero-order chi connectivity index (χ0) is 21.1. The molecule has 2 aromatic heterocycles. The molecular weight excluding hydrogens is 380 g/mol. The van der Waals surface area contributed by atoms with Crippen molar-refractivity contribution in [2.45, 2.75) is 12.8 Å². The summed E-state index contributed by atoms with van der Waals surface area (Å²) in [5.74, 6) is 5.13. The van der Waals surface area contributed by atoms with E-state index >= 15 is 0 Å². The zero-order valence-corrected chi connectivity index (χ0v) is 16.3. The molecule has 0 fully saturated rings. The van der Waals surface area contributed by atoms with Gasteiger partial charge in [0.15, 0.2) is 5.52 Å². The molecule has 1 N–H and O–H groups in total. The van der Waals surface area contributed by atoms with Crippen LogP contribution in [-0.2, 0) is 19.9 Å². The molecule has 0 atom stereocenters. The first kappa shape index (κ1) is 19.2. The molecule has 0 amide bonds. The molecule has 0 aliphatic rings. The van der Waals surface area contributed by atoms with Gasteiger partial charge in [0.05, 0.1) is 5.56 Å². The van der Waals surface area contributed by atoms with E-state index in [2.05, 4.69) is 16.8 Å². The minimum atomic E-state index is -0.984. The van der Waals surface area contributed by atoms with Crippen molar-refractivity contribution in [1.29, 1.82) is 0 Å². The lowest BCUT2D eigenvalue weighted by atomic mass is 10.0. The van der Waals surface area contributed by atoms with Crippen molar-refractivity contribution in [3.8, 4) is 11.8 Å². The number of aromatic carboxylic acids is 1. The molecular formula is C24H18N2O4. The number of carboxylic acids is 1. The van der Waals surface area contributed by atoms with E-state index in [-0.39, 0.29) is 22.4 Å². The third kappa shape index (κ3) is 4.01. The van der Waals surface area contributed by atoms with Gasteiger partial charge in [-0.3, -0.25) is 4.79 Å². The Bertz CT molecular complexity index is 1340. The molecule has 6 heteroatoms. The van der Waals surface area contributed by atoms with Gasteiger partial charge in [-0.05, 0) is 29.2 Å². The van der Waals surface area contributed by atoms with Crippen molar-refractivity contribution in [1.82, 2.24) is 9.55 Å². The van der Waals surface area contributed by atoms with Gasteiger partial charge < -0.3 is 14.1 Å². The number of oxazole rings is 1. The van der Waals surface area contributed by atoms with Crippen LogP contribution >= 0.6 is 0 Å². The first-order chi connectivity index (χ1) is 14.5. The van der Waals surface area contributed by atoms with Crippen LogP contribution < -0.4 is 5.43 Å².